The van der Waals surface area contributed by atoms with Crippen LogP contribution in [0.4, 0.5) is 13.6 Å². The molecule has 0 aliphatic heterocycles. The average Bonchev–Trinajstić information content (AvgIpc) is 2.30. The second kappa shape index (κ2) is 6.15. The summed E-state index contributed by atoms with van der Waals surface area (Å²) in [7, 11) is 0. The number of hydrogen-bond acceptors (Lipinski definition) is 3. The fourth-order valence-corrected chi connectivity index (χ4v) is 1.22. The molecule has 6 heteroatoms. The molecule has 0 aliphatic carbocycles. The van der Waals surface area contributed by atoms with E-state index in [0.717, 1.165) is 12.1 Å². The molecule has 17 heavy (non-hydrogen) atoms. The molecule has 0 spiro atoms. The van der Waals surface area contributed by atoms with Crippen LogP contribution in [-0.2, 0) is 4.74 Å². The number of aliphatic hydroxyl groups excluding tert-OH is 1. The lowest BCUT2D eigenvalue weighted by molar-refractivity contribution is 0.116. The lowest BCUT2D eigenvalue weighted by Crippen LogP contribution is -2.28. The number of ether oxygens (including phenoxy) is 1. The summed E-state index contributed by atoms with van der Waals surface area (Å²) in [5.74, 6) is -1.91. The van der Waals surface area contributed by atoms with Crippen molar-refractivity contribution in [3.63, 3.8) is 0 Å². The summed E-state index contributed by atoms with van der Waals surface area (Å²) in [4.78, 5) is 11.1. The van der Waals surface area contributed by atoms with Gasteiger partial charge in [0.25, 0.3) is 0 Å². The number of nitrogens with one attached hydrogen (secondary N) is 1. The van der Waals surface area contributed by atoms with Crippen LogP contribution in [0.2, 0.25) is 0 Å². The zero-order valence-electron chi connectivity index (χ0n) is 9.24. The van der Waals surface area contributed by atoms with E-state index in [9.17, 15) is 13.6 Å². The smallest absolute Gasteiger partial charge is 0.407 e. The van der Waals surface area contributed by atoms with Crippen LogP contribution in [0.3, 0.4) is 0 Å². The monoisotopic (exact) mass is 245 g/mol. The molecule has 0 radical (unpaired) electrons. The highest BCUT2D eigenvalue weighted by atomic mass is 19.2. The molecule has 0 aliphatic rings. The number of carbonyl (C=O) groups is 1. The standard InChI is InChI=1S/C11H13F2NO3/c1-7(14-11(16)17-5-4-15)8-2-3-9(12)10(13)6-8/h2-3,6-7,15H,4-5H2,1H3,(H,14,16). The van der Waals surface area contributed by atoms with Gasteiger partial charge in [0.15, 0.2) is 11.6 Å². The van der Waals surface area contributed by atoms with Gasteiger partial charge in [0, 0.05) is 0 Å². The van der Waals surface area contributed by atoms with Gasteiger partial charge in [0.2, 0.25) is 0 Å². The molecular formula is C11H13F2NO3. The van der Waals surface area contributed by atoms with Crippen molar-refractivity contribution in [2.45, 2.75) is 13.0 Å². The van der Waals surface area contributed by atoms with Gasteiger partial charge < -0.3 is 15.2 Å². The molecule has 1 rings (SSSR count). The molecule has 4 nitrogen and oxygen atoms in total. The molecule has 0 saturated heterocycles. The van der Waals surface area contributed by atoms with Crippen LogP contribution in [0.25, 0.3) is 0 Å². The van der Waals surface area contributed by atoms with Gasteiger partial charge in [0.1, 0.15) is 6.61 Å². The highest BCUT2D eigenvalue weighted by molar-refractivity contribution is 5.67. The molecule has 0 bridgehead atoms. The number of halogens is 2. The van der Waals surface area contributed by atoms with Crippen molar-refractivity contribution in [2.24, 2.45) is 0 Å². The van der Waals surface area contributed by atoms with E-state index in [0.29, 0.717) is 5.56 Å². The maximum atomic E-state index is 12.9. The van der Waals surface area contributed by atoms with E-state index in [1.54, 1.807) is 6.92 Å². The number of benzene rings is 1. The first-order valence-electron chi connectivity index (χ1n) is 5.03. The lowest BCUT2D eigenvalue weighted by Gasteiger charge is -2.14. The molecule has 0 saturated carbocycles. The molecule has 2 N–H and O–H groups in total. The normalized spacial score (nSPS) is 12.0. The summed E-state index contributed by atoms with van der Waals surface area (Å²) in [6.45, 7) is 1.22. The van der Waals surface area contributed by atoms with Crippen LogP contribution >= 0.6 is 0 Å². The fourth-order valence-electron chi connectivity index (χ4n) is 1.22. The van der Waals surface area contributed by atoms with Crippen LogP contribution in [0.15, 0.2) is 18.2 Å². The molecule has 0 fully saturated rings. The van der Waals surface area contributed by atoms with E-state index in [1.165, 1.54) is 6.07 Å². The molecule has 0 aromatic heterocycles. The first-order valence-corrected chi connectivity index (χ1v) is 5.03. The van der Waals surface area contributed by atoms with E-state index in [2.05, 4.69) is 10.1 Å². The van der Waals surface area contributed by atoms with Crippen LogP contribution in [0.1, 0.15) is 18.5 Å². The van der Waals surface area contributed by atoms with Crippen molar-refractivity contribution in [2.75, 3.05) is 13.2 Å². The second-order valence-corrected chi connectivity index (χ2v) is 3.40. The number of rotatable bonds is 4. The number of carbonyl (C=O) groups excluding carboxylic acids is 1. The van der Waals surface area contributed by atoms with Gasteiger partial charge in [-0.2, -0.15) is 0 Å². The Hall–Kier alpha value is -1.69. The summed E-state index contributed by atoms with van der Waals surface area (Å²) >= 11 is 0. The third-order valence-corrected chi connectivity index (χ3v) is 2.10. The Morgan fingerprint density at radius 3 is 2.76 bits per heavy atom. The first-order chi connectivity index (χ1) is 8.04. The number of alkyl carbamates (subject to hydrolysis) is 1. The predicted octanol–water partition coefficient (Wildman–Crippen LogP) is 1.74. The summed E-state index contributed by atoms with van der Waals surface area (Å²) in [6.07, 6.45) is -0.726. The van der Waals surface area contributed by atoms with Gasteiger partial charge in [-0.15, -0.1) is 0 Å². The molecule has 1 aromatic rings. The van der Waals surface area contributed by atoms with E-state index in [-0.39, 0.29) is 13.2 Å². The van der Waals surface area contributed by atoms with Crippen LogP contribution in [0.5, 0.6) is 0 Å². The Kier molecular flexibility index (Phi) is 4.84. The average molecular weight is 245 g/mol. The van der Waals surface area contributed by atoms with Crippen molar-refractivity contribution >= 4 is 6.09 Å². The van der Waals surface area contributed by atoms with Crippen molar-refractivity contribution < 1.29 is 23.4 Å². The Balaban J connectivity index is 2.60. The highest BCUT2D eigenvalue weighted by Crippen LogP contribution is 2.15. The third kappa shape index (κ3) is 3.99. The van der Waals surface area contributed by atoms with Gasteiger partial charge in [-0.1, -0.05) is 6.07 Å². The van der Waals surface area contributed by atoms with Crippen molar-refractivity contribution in [3.8, 4) is 0 Å². The maximum Gasteiger partial charge on any atom is 0.407 e. The van der Waals surface area contributed by atoms with Crippen LogP contribution < -0.4 is 5.32 Å². The summed E-state index contributed by atoms with van der Waals surface area (Å²) in [5.41, 5.74) is 0.421. The fraction of sp³-hybridized carbons (Fsp3) is 0.364. The van der Waals surface area contributed by atoms with E-state index >= 15 is 0 Å². The molecule has 1 aromatic carbocycles. The maximum absolute atomic E-state index is 12.9. The van der Waals surface area contributed by atoms with Gasteiger partial charge in [-0.05, 0) is 24.6 Å². The Morgan fingerprint density at radius 1 is 1.47 bits per heavy atom. The highest BCUT2D eigenvalue weighted by Gasteiger charge is 2.12. The SMILES string of the molecule is CC(NC(=O)OCCO)c1ccc(F)c(F)c1. The quantitative estimate of drug-likeness (QED) is 0.849. The topological polar surface area (TPSA) is 58.6 Å². The summed E-state index contributed by atoms with van der Waals surface area (Å²) < 4.78 is 30.2. The minimum atomic E-state index is -0.972. The third-order valence-electron chi connectivity index (χ3n) is 2.10. The first kappa shape index (κ1) is 13.4. The summed E-state index contributed by atoms with van der Waals surface area (Å²) in [6, 6.07) is 2.85. The minimum absolute atomic E-state index is 0.115. The van der Waals surface area contributed by atoms with Crippen molar-refractivity contribution in [1.29, 1.82) is 0 Å². The number of amides is 1. The summed E-state index contributed by atoms with van der Waals surface area (Å²) in [5, 5.41) is 10.9. The Morgan fingerprint density at radius 2 is 2.18 bits per heavy atom. The number of aliphatic hydroxyl groups is 1. The minimum Gasteiger partial charge on any atom is -0.447 e. The Bertz CT molecular complexity index is 398. The van der Waals surface area contributed by atoms with Crippen molar-refractivity contribution in [1.82, 2.24) is 5.32 Å². The molecule has 1 unspecified atom stereocenters. The lowest BCUT2D eigenvalue weighted by atomic mass is 10.1. The van der Waals surface area contributed by atoms with Crippen LogP contribution in [0, 0.1) is 11.6 Å². The van der Waals surface area contributed by atoms with E-state index in [4.69, 9.17) is 5.11 Å². The molecule has 0 heterocycles. The second-order valence-electron chi connectivity index (χ2n) is 3.40. The van der Waals surface area contributed by atoms with E-state index in [1.807, 2.05) is 0 Å². The van der Waals surface area contributed by atoms with Crippen molar-refractivity contribution in [3.05, 3.63) is 35.4 Å². The zero-order chi connectivity index (χ0) is 12.8. The number of hydrogen-bond donors (Lipinski definition) is 2. The molecule has 1 amide bonds. The molecule has 94 valence electrons. The van der Waals surface area contributed by atoms with Gasteiger partial charge >= 0.3 is 6.09 Å². The van der Waals surface area contributed by atoms with Crippen LogP contribution in [-0.4, -0.2) is 24.4 Å². The predicted molar refractivity (Wildman–Crippen MR) is 56.3 cm³/mol. The van der Waals surface area contributed by atoms with E-state index < -0.39 is 23.8 Å². The Labute approximate surface area is 97.2 Å². The molecule has 1 atom stereocenters. The largest absolute Gasteiger partial charge is 0.447 e. The van der Waals surface area contributed by atoms with Gasteiger partial charge in [-0.25, -0.2) is 13.6 Å². The molecular weight excluding hydrogens is 232 g/mol. The zero-order valence-corrected chi connectivity index (χ0v) is 9.24. The van der Waals surface area contributed by atoms with Gasteiger partial charge in [-0.3, -0.25) is 0 Å². The van der Waals surface area contributed by atoms with Gasteiger partial charge in [0.05, 0.1) is 12.6 Å².